The predicted octanol–water partition coefficient (Wildman–Crippen LogP) is 9.59. The molecular formula is C35H30F6O4. The Labute approximate surface area is 256 Å². The first-order valence-electron chi connectivity index (χ1n) is 14.2. The highest BCUT2D eigenvalue weighted by Gasteiger charge is 2.30. The molecule has 0 bridgehead atoms. The molecule has 1 unspecified atom stereocenters. The molecule has 4 aromatic carbocycles. The van der Waals surface area contributed by atoms with Crippen LogP contribution in [0.5, 0.6) is 11.5 Å². The second-order valence-corrected chi connectivity index (χ2v) is 10.6. The third-order valence-corrected chi connectivity index (χ3v) is 7.24. The zero-order chi connectivity index (χ0) is 32.6. The summed E-state index contributed by atoms with van der Waals surface area (Å²) < 4.78 is 85.6. The van der Waals surface area contributed by atoms with Crippen molar-refractivity contribution in [2.75, 3.05) is 0 Å². The van der Waals surface area contributed by atoms with Crippen LogP contribution < -0.4 is 4.74 Å². The van der Waals surface area contributed by atoms with Crippen molar-refractivity contribution in [2.24, 2.45) is 5.92 Å². The van der Waals surface area contributed by atoms with Crippen molar-refractivity contribution in [2.45, 2.75) is 44.9 Å². The van der Waals surface area contributed by atoms with Gasteiger partial charge in [0.05, 0.1) is 11.5 Å². The summed E-state index contributed by atoms with van der Waals surface area (Å²) in [4.78, 5) is 11.7. The Bertz CT molecular complexity index is 1610. The first-order chi connectivity index (χ1) is 21.4. The Hall–Kier alpha value is -4.73. The van der Waals surface area contributed by atoms with Gasteiger partial charge in [-0.15, -0.1) is 0 Å². The lowest BCUT2D eigenvalue weighted by Gasteiger charge is -2.13. The van der Waals surface area contributed by atoms with Gasteiger partial charge in [-0.25, -0.2) is 13.2 Å². The average molecular weight is 629 g/mol. The summed E-state index contributed by atoms with van der Waals surface area (Å²) in [6.45, 7) is 0.172. The lowest BCUT2D eigenvalue weighted by molar-refractivity contribution is -0.142. The normalized spacial score (nSPS) is 12.4. The summed E-state index contributed by atoms with van der Waals surface area (Å²) >= 11 is 0. The van der Waals surface area contributed by atoms with Crippen molar-refractivity contribution < 1.29 is 46.1 Å². The molecule has 0 spiro atoms. The molecule has 236 valence electrons. The Morgan fingerprint density at radius 1 is 0.822 bits per heavy atom. The highest BCUT2D eigenvalue weighted by molar-refractivity contribution is 5.70. The number of aromatic hydroxyl groups is 1. The molecule has 0 aliphatic heterocycles. The molecule has 4 aromatic rings. The number of carbonyl (C=O) groups is 1. The molecule has 4 rings (SSSR count). The van der Waals surface area contributed by atoms with Crippen molar-refractivity contribution in [3.05, 3.63) is 125 Å². The molecule has 0 aliphatic carbocycles. The fraction of sp³-hybridized carbons (Fsp3) is 0.229. The number of phenolic OH excluding ortho intramolecular Hbond substituents is 1. The minimum atomic E-state index is -4.40. The van der Waals surface area contributed by atoms with E-state index in [1.807, 2.05) is 6.08 Å². The van der Waals surface area contributed by atoms with Gasteiger partial charge in [-0.2, -0.15) is 13.2 Å². The number of alkyl halides is 3. The van der Waals surface area contributed by atoms with Crippen molar-refractivity contribution >= 4 is 12.0 Å². The molecule has 0 heterocycles. The zero-order valence-electron chi connectivity index (χ0n) is 24.0. The van der Waals surface area contributed by atoms with Crippen molar-refractivity contribution in [3.8, 4) is 22.6 Å². The van der Waals surface area contributed by atoms with Crippen LogP contribution in [0, 0.1) is 23.4 Å². The second kappa shape index (κ2) is 14.8. The van der Waals surface area contributed by atoms with E-state index in [2.05, 4.69) is 0 Å². The van der Waals surface area contributed by atoms with E-state index in [-0.39, 0.29) is 25.0 Å². The van der Waals surface area contributed by atoms with Crippen LogP contribution in [-0.2, 0) is 24.0 Å². The number of hydrogen-bond donors (Lipinski definition) is 2. The number of aliphatic carboxylic acids is 1. The Kier molecular flexibility index (Phi) is 10.9. The van der Waals surface area contributed by atoms with E-state index in [0.29, 0.717) is 36.1 Å². The van der Waals surface area contributed by atoms with Crippen LogP contribution in [0.3, 0.4) is 0 Å². The summed E-state index contributed by atoms with van der Waals surface area (Å²) in [6.07, 6.45) is 1.04. The van der Waals surface area contributed by atoms with Crippen LogP contribution in [-0.4, -0.2) is 16.2 Å². The van der Waals surface area contributed by atoms with Crippen LogP contribution in [0.2, 0.25) is 0 Å². The Morgan fingerprint density at radius 3 is 2.04 bits per heavy atom. The molecule has 45 heavy (non-hydrogen) atoms. The van der Waals surface area contributed by atoms with Gasteiger partial charge >= 0.3 is 12.1 Å². The van der Waals surface area contributed by atoms with Gasteiger partial charge < -0.3 is 14.9 Å². The zero-order valence-corrected chi connectivity index (χ0v) is 24.0. The molecule has 10 heteroatoms. The van der Waals surface area contributed by atoms with Gasteiger partial charge in [-0.3, -0.25) is 4.79 Å². The number of rotatable bonds is 13. The molecule has 0 amide bonds. The predicted molar refractivity (Wildman–Crippen MR) is 158 cm³/mol. The molecule has 0 saturated carbocycles. The van der Waals surface area contributed by atoms with Crippen LogP contribution in [0.15, 0.2) is 84.9 Å². The van der Waals surface area contributed by atoms with E-state index in [9.17, 15) is 41.4 Å². The number of halogens is 6. The maximum absolute atomic E-state index is 14.0. The number of carboxylic acid groups (broad SMARTS) is 1. The minimum absolute atomic E-state index is 0.0823. The quantitative estimate of drug-likeness (QED) is 0.114. The van der Waals surface area contributed by atoms with Crippen LogP contribution >= 0.6 is 0 Å². The monoisotopic (exact) mass is 628 g/mol. The Morgan fingerprint density at radius 2 is 1.44 bits per heavy atom. The summed E-state index contributed by atoms with van der Waals surface area (Å²) in [7, 11) is 0. The van der Waals surface area contributed by atoms with Crippen LogP contribution in [0.25, 0.3) is 17.2 Å². The maximum Gasteiger partial charge on any atom is 0.416 e. The summed E-state index contributed by atoms with van der Waals surface area (Å²) in [5.74, 6) is -5.34. The van der Waals surface area contributed by atoms with Crippen LogP contribution in [0.4, 0.5) is 26.3 Å². The van der Waals surface area contributed by atoms with E-state index in [1.165, 1.54) is 30.3 Å². The number of hydrogen-bond acceptors (Lipinski definition) is 3. The lowest BCUT2D eigenvalue weighted by Crippen LogP contribution is -2.16. The van der Waals surface area contributed by atoms with Crippen molar-refractivity contribution in [3.63, 3.8) is 0 Å². The molecule has 4 nitrogen and oxygen atoms in total. The van der Waals surface area contributed by atoms with Crippen molar-refractivity contribution in [1.82, 2.24) is 0 Å². The molecular weight excluding hydrogens is 598 g/mol. The van der Waals surface area contributed by atoms with Gasteiger partial charge in [0.15, 0.2) is 17.4 Å². The standard InChI is InChI=1S/C35H30F6O4/c36-29-15-16-32(45-21-22-7-9-24(10-8-22)25-11-13-28(14-12-25)35(39,40)41)26(20-29)5-3-1-2-4-6-27(34(43)44)17-23-18-30(37)33(42)31(38)19-23/h3,5,7-16,18-20,27,42H,1-2,4,6,17,21H2,(H,43,44). The van der Waals surface area contributed by atoms with E-state index in [4.69, 9.17) is 4.74 Å². The SMILES string of the molecule is O=C(O)C(CCCCC=Cc1cc(F)ccc1OCc1ccc(-c2ccc(C(F)(F)F)cc2)cc1)Cc1cc(F)c(O)c(F)c1. The van der Waals surface area contributed by atoms with E-state index in [0.717, 1.165) is 35.4 Å². The van der Waals surface area contributed by atoms with Gasteiger partial charge in [0.2, 0.25) is 0 Å². The molecule has 0 aromatic heterocycles. The van der Waals surface area contributed by atoms with E-state index >= 15 is 0 Å². The fourth-order valence-corrected chi connectivity index (χ4v) is 4.78. The second-order valence-electron chi connectivity index (χ2n) is 10.6. The number of allylic oxidation sites excluding steroid dienone is 1. The largest absolute Gasteiger partial charge is 0.503 e. The molecule has 0 saturated heterocycles. The maximum atomic E-state index is 14.0. The third kappa shape index (κ3) is 9.38. The molecule has 0 aliphatic rings. The average Bonchev–Trinajstić information content (AvgIpc) is 3.00. The highest BCUT2D eigenvalue weighted by atomic mass is 19.4. The highest BCUT2D eigenvalue weighted by Crippen LogP contribution is 2.31. The van der Waals surface area contributed by atoms with Gasteiger partial charge in [0.1, 0.15) is 18.2 Å². The van der Waals surface area contributed by atoms with Gasteiger partial charge in [0.25, 0.3) is 0 Å². The van der Waals surface area contributed by atoms with Gasteiger partial charge in [-0.1, -0.05) is 55.0 Å². The third-order valence-electron chi connectivity index (χ3n) is 7.24. The lowest BCUT2D eigenvalue weighted by atomic mass is 9.93. The number of benzene rings is 4. The first kappa shape index (κ1) is 33.2. The fourth-order valence-electron chi connectivity index (χ4n) is 4.78. The molecule has 0 radical (unpaired) electrons. The summed E-state index contributed by atoms with van der Waals surface area (Å²) in [6, 6.07) is 18.0. The Balaban J connectivity index is 1.28. The first-order valence-corrected chi connectivity index (χ1v) is 14.2. The molecule has 2 N–H and O–H groups in total. The van der Waals surface area contributed by atoms with Crippen molar-refractivity contribution in [1.29, 1.82) is 0 Å². The number of ether oxygens (including phenoxy) is 1. The summed E-state index contributed by atoms with van der Waals surface area (Å²) in [5.41, 5.74) is 2.13. The van der Waals surface area contributed by atoms with Gasteiger partial charge in [0, 0.05) is 5.56 Å². The number of unbranched alkanes of at least 4 members (excludes halogenated alkanes) is 2. The van der Waals surface area contributed by atoms with Gasteiger partial charge in [-0.05, 0) is 90.4 Å². The van der Waals surface area contributed by atoms with E-state index < -0.39 is 46.8 Å². The topological polar surface area (TPSA) is 66.8 Å². The minimum Gasteiger partial charge on any atom is -0.503 e. The summed E-state index contributed by atoms with van der Waals surface area (Å²) in [5, 5.41) is 18.8. The molecule has 0 fully saturated rings. The number of phenols is 1. The van der Waals surface area contributed by atoms with E-state index in [1.54, 1.807) is 30.3 Å². The van der Waals surface area contributed by atoms with Crippen LogP contribution in [0.1, 0.15) is 47.9 Å². The molecule has 1 atom stereocenters. The smallest absolute Gasteiger partial charge is 0.416 e. The number of carboxylic acids is 1.